The van der Waals surface area contributed by atoms with Gasteiger partial charge in [0, 0.05) is 10.4 Å². The number of hydrogen-bond acceptors (Lipinski definition) is 4. The fraction of sp³-hybridized carbons (Fsp3) is 0.231. The Hall–Kier alpha value is -1.81. The Labute approximate surface area is 108 Å². The molecule has 0 amide bonds. The van der Waals surface area contributed by atoms with Gasteiger partial charge in [-0.1, -0.05) is 11.6 Å². The number of carbonyl (C=O) groups is 1. The minimum absolute atomic E-state index is 0.119. The van der Waals surface area contributed by atoms with Crippen molar-refractivity contribution in [3.05, 3.63) is 44.8 Å². The van der Waals surface area contributed by atoms with Crippen LogP contribution >= 0.6 is 11.6 Å². The molecule has 1 aromatic heterocycles. The van der Waals surface area contributed by atoms with E-state index in [4.69, 9.17) is 20.8 Å². The predicted molar refractivity (Wildman–Crippen MR) is 68.2 cm³/mol. The smallest absolute Gasteiger partial charge is 0.351 e. The van der Waals surface area contributed by atoms with E-state index in [0.717, 1.165) is 5.56 Å². The quantitative estimate of drug-likeness (QED) is 0.619. The average Bonchev–Trinajstić information content (AvgIpc) is 2.29. The molecular formula is C13H11ClO4. The molecule has 0 aliphatic rings. The molecule has 18 heavy (non-hydrogen) atoms. The van der Waals surface area contributed by atoms with Crippen molar-refractivity contribution in [2.45, 2.75) is 13.8 Å². The Bertz CT molecular complexity index is 672. The Kier molecular flexibility index (Phi) is 3.39. The van der Waals surface area contributed by atoms with E-state index in [1.807, 2.05) is 0 Å². The number of hydrogen-bond donors (Lipinski definition) is 0. The number of halogens is 1. The summed E-state index contributed by atoms with van der Waals surface area (Å²) in [5, 5.41) is 1.12. The van der Waals surface area contributed by atoms with E-state index in [9.17, 15) is 9.59 Å². The maximum absolute atomic E-state index is 11.7. The van der Waals surface area contributed by atoms with Gasteiger partial charge >= 0.3 is 11.6 Å². The van der Waals surface area contributed by atoms with Crippen LogP contribution in [0.2, 0.25) is 5.02 Å². The second kappa shape index (κ2) is 4.82. The Morgan fingerprint density at radius 2 is 2.11 bits per heavy atom. The predicted octanol–water partition coefficient (Wildman–Crippen LogP) is 2.93. The second-order valence-electron chi connectivity index (χ2n) is 3.81. The van der Waals surface area contributed by atoms with Crippen molar-refractivity contribution in [1.29, 1.82) is 0 Å². The number of ether oxygens (including phenoxy) is 1. The fourth-order valence-corrected chi connectivity index (χ4v) is 2.00. The molecule has 0 spiro atoms. The van der Waals surface area contributed by atoms with E-state index < -0.39 is 11.6 Å². The first-order valence-corrected chi connectivity index (χ1v) is 5.82. The molecule has 5 heteroatoms. The average molecular weight is 267 g/mol. The van der Waals surface area contributed by atoms with Gasteiger partial charge in [0.25, 0.3) is 0 Å². The maximum Gasteiger partial charge on any atom is 0.351 e. The summed E-state index contributed by atoms with van der Waals surface area (Å²) >= 11 is 5.92. The SMILES string of the molecule is CCOC(=O)c1cc2cc(Cl)cc(C)c2oc1=O. The van der Waals surface area contributed by atoms with Gasteiger partial charge in [0.1, 0.15) is 11.1 Å². The Morgan fingerprint density at radius 1 is 1.39 bits per heavy atom. The monoisotopic (exact) mass is 266 g/mol. The lowest BCUT2D eigenvalue weighted by Gasteiger charge is -2.04. The van der Waals surface area contributed by atoms with Crippen molar-refractivity contribution in [3.8, 4) is 0 Å². The highest BCUT2D eigenvalue weighted by Gasteiger charge is 2.15. The zero-order valence-electron chi connectivity index (χ0n) is 9.95. The van der Waals surface area contributed by atoms with Gasteiger partial charge in [0.15, 0.2) is 0 Å². The molecule has 2 aromatic rings. The van der Waals surface area contributed by atoms with Crippen LogP contribution in [0.25, 0.3) is 11.0 Å². The number of benzene rings is 1. The zero-order valence-corrected chi connectivity index (χ0v) is 10.7. The first-order chi connectivity index (χ1) is 8.52. The van der Waals surface area contributed by atoms with Crippen molar-refractivity contribution < 1.29 is 13.9 Å². The van der Waals surface area contributed by atoms with E-state index in [0.29, 0.717) is 16.0 Å². The molecule has 0 atom stereocenters. The summed E-state index contributed by atoms with van der Waals surface area (Å²) in [7, 11) is 0. The summed E-state index contributed by atoms with van der Waals surface area (Å²) in [5.74, 6) is -0.689. The number of carbonyl (C=O) groups excluding carboxylic acids is 1. The summed E-state index contributed by atoms with van der Waals surface area (Å²) in [5.41, 5.74) is 0.347. The lowest BCUT2D eigenvalue weighted by Crippen LogP contribution is -2.16. The van der Waals surface area contributed by atoms with Crippen LogP contribution in [0.3, 0.4) is 0 Å². The molecule has 0 N–H and O–H groups in total. The largest absolute Gasteiger partial charge is 0.462 e. The molecule has 0 radical (unpaired) electrons. The molecule has 0 unspecified atom stereocenters. The highest BCUT2D eigenvalue weighted by molar-refractivity contribution is 6.31. The van der Waals surface area contributed by atoms with Crippen LogP contribution < -0.4 is 5.63 Å². The van der Waals surface area contributed by atoms with Crippen LogP contribution in [0.4, 0.5) is 0 Å². The molecule has 0 bridgehead atoms. The van der Waals surface area contributed by atoms with Gasteiger partial charge in [-0.3, -0.25) is 0 Å². The number of fused-ring (bicyclic) bond motifs is 1. The molecule has 1 aromatic carbocycles. The van der Waals surface area contributed by atoms with Crippen molar-refractivity contribution in [3.63, 3.8) is 0 Å². The van der Waals surface area contributed by atoms with Crippen molar-refractivity contribution in [2.24, 2.45) is 0 Å². The first kappa shape index (κ1) is 12.6. The van der Waals surface area contributed by atoms with Gasteiger partial charge in [-0.15, -0.1) is 0 Å². The maximum atomic E-state index is 11.7. The van der Waals surface area contributed by atoms with Gasteiger partial charge in [0.2, 0.25) is 0 Å². The van der Waals surface area contributed by atoms with Crippen LogP contribution in [0, 0.1) is 6.92 Å². The molecule has 4 nitrogen and oxygen atoms in total. The van der Waals surface area contributed by atoms with E-state index in [-0.39, 0.29) is 12.2 Å². The third-order valence-electron chi connectivity index (χ3n) is 2.48. The molecule has 0 saturated heterocycles. The molecule has 1 heterocycles. The fourth-order valence-electron chi connectivity index (χ4n) is 1.72. The minimum Gasteiger partial charge on any atom is -0.462 e. The standard InChI is InChI=1S/C13H11ClO4/c1-3-17-12(15)10-6-8-5-9(14)4-7(2)11(8)18-13(10)16/h4-6H,3H2,1-2H3. The zero-order chi connectivity index (χ0) is 13.3. The van der Waals surface area contributed by atoms with Crippen LogP contribution in [-0.2, 0) is 4.74 Å². The van der Waals surface area contributed by atoms with Crippen molar-refractivity contribution in [2.75, 3.05) is 6.61 Å². The Morgan fingerprint density at radius 3 is 2.78 bits per heavy atom. The third kappa shape index (κ3) is 2.24. The summed E-state index contributed by atoms with van der Waals surface area (Å²) in [6, 6.07) is 4.77. The van der Waals surface area contributed by atoms with Crippen molar-refractivity contribution >= 4 is 28.5 Å². The minimum atomic E-state index is -0.702. The van der Waals surface area contributed by atoms with E-state index in [1.165, 1.54) is 6.07 Å². The first-order valence-electron chi connectivity index (χ1n) is 5.44. The molecule has 94 valence electrons. The van der Waals surface area contributed by atoms with Gasteiger partial charge in [-0.25, -0.2) is 9.59 Å². The summed E-state index contributed by atoms with van der Waals surface area (Å²) in [6.07, 6.45) is 0. The van der Waals surface area contributed by atoms with Crippen LogP contribution in [0.15, 0.2) is 27.4 Å². The van der Waals surface area contributed by atoms with Gasteiger partial charge in [-0.2, -0.15) is 0 Å². The Balaban J connectivity index is 2.68. The molecule has 0 saturated carbocycles. The molecule has 0 fully saturated rings. The summed E-state index contributed by atoms with van der Waals surface area (Å²) in [4.78, 5) is 23.2. The highest BCUT2D eigenvalue weighted by atomic mass is 35.5. The van der Waals surface area contributed by atoms with Crippen molar-refractivity contribution in [1.82, 2.24) is 0 Å². The molecule has 0 aliphatic carbocycles. The normalized spacial score (nSPS) is 10.6. The van der Waals surface area contributed by atoms with Crippen LogP contribution in [-0.4, -0.2) is 12.6 Å². The van der Waals surface area contributed by atoms with Gasteiger partial charge in [-0.05, 0) is 37.6 Å². The van der Waals surface area contributed by atoms with Gasteiger partial charge < -0.3 is 9.15 Å². The second-order valence-corrected chi connectivity index (χ2v) is 4.25. The molecule has 0 aliphatic heterocycles. The number of rotatable bonds is 2. The van der Waals surface area contributed by atoms with Crippen LogP contribution in [0.5, 0.6) is 0 Å². The van der Waals surface area contributed by atoms with E-state index in [1.54, 1.807) is 26.0 Å². The molecular weight excluding hydrogens is 256 g/mol. The van der Waals surface area contributed by atoms with E-state index >= 15 is 0 Å². The summed E-state index contributed by atoms with van der Waals surface area (Å²) < 4.78 is 9.92. The summed E-state index contributed by atoms with van der Waals surface area (Å²) in [6.45, 7) is 3.65. The number of esters is 1. The van der Waals surface area contributed by atoms with E-state index in [2.05, 4.69) is 0 Å². The third-order valence-corrected chi connectivity index (χ3v) is 2.70. The lowest BCUT2D eigenvalue weighted by molar-refractivity contribution is 0.0522. The number of aryl methyl sites for hydroxylation is 1. The highest BCUT2D eigenvalue weighted by Crippen LogP contribution is 2.23. The molecule has 2 rings (SSSR count). The lowest BCUT2D eigenvalue weighted by atomic mass is 10.1. The van der Waals surface area contributed by atoms with Gasteiger partial charge in [0.05, 0.1) is 6.61 Å². The van der Waals surface area contributed by atoms with Crippen LogP contribution in [0.1, 0.15) is 22.8 Å². The topological polar surface area (TPSA) is 56.5 Å².